The van der Waals surface area contributed by atoms with Crippen molar-refractivity contribution in [2.75, 3.05) is 22.1 Å². The van der Waals surface area contributed by atoms with Gasteiger partial charge < -0.3 is 22.1 Å². The van der Waals surface area contributed by atoms with Gasteiger partial charge in [-0.2, -0.15) is 0 Å². The maximum absolute atomic E-state index is 12.4. The molecule has 164 valence electrons. The topological polar surface area (TPSA) is 110 Å². The second-order valence-electron chi connectivity index (χ2n) is 7.65. The molecule has 33 heavy (non-hydrogen) atoms. The van der Waals surface area contributed by atoms with E-state index in [0.717, 1.165) is 17.5 Å². The van der Waals surface area contributed by atoms with E-state index in [4.69, 9.17) is 11.5 Å². The minimum absolute atomic E-state index is 0.240. The van der Waals surface area contributed by atoms with Crippen LogP contribution in [0.2, 0.25) is 0 Å². The number of amides is 2. The third kappa shape index (κ3) is 5.37. The maximum Gasteiger partial charge on any atom is 0.257 e. The van der Waals surface area contributed by atoms with Crippen molar-refractivity contribution in [1.29, 1.82) is 0 Å². The Hall–Kier alpha value is -4.58. The van der Waals surface area contributed by atoms with Crippen molar-refractivity contribution in [3.63, 3.8) is 0 Å². The van der Waals surface area contributed by atoms with Gasteiger partial charge in [0.2, 0.25) is 0 Å². The van der Waals surface area contributed by atoms with Gasteiger partial charge in [0.05, 0.1) is 11.1 Å². The first-order chi connectivity index (χ1) is 16.0. The summed E-state index contributed by atoms with van der Waals surface area (Å²) >= 11 is 0. The summed E-state index contributed by atoms with van der Waals surface area (Å²) in [5, 5.41) is 5.73. The Balaban J connectivity index is 1.35. The second kappa shape index (κ2) is 9.70. The fraction of sp³-hybridized carbons (Fsp3) is 0.0370. The molecule has 0 aliphatic rings. The zero-order chi connectivity index (χ0) is 23.2. The van der Waals surface area contributed by atoms with Crippen molar-refractivity contribution in [3.8, 4) is 0 Å². The molecule has 0 heterocycles. The van der Waals surface area contributed by atoms with Crippen LogP contribution in [0.4, 0.5) is 22.7 Å². The second-order valence-corrected chi connectivity index (χ2v) is 7.65. The van der Waals surface area contributed by atoms with E-state index in [1.807, 2.05) is 48.5 Å². The van der Waals surface area contributed by atoms with E-state index < -0.39 is 0 Å². The predicted octanol–water partition coefficient (Wildman–Crippen LogP) is 4.95. The molecule has 0 fully saturated rings. The highest BCUT2D eigenvalue weighted by Crippen LogP contribution is 2.19. The van der Waals surface area contributed by atoms with Crippen molar-refractivity contribution in [2.24, 2.45) is 0 Å². The highest BCUT2D eigenvalue weighted by molar-refractivity contribution is 6.08. The number of carbonyl (C=O) groups excluding carboxylic acids is 2. The molecule has 2 amide bonds. The highest BCUT2D eigenvalue weighted by atomic mass is 16.2. The Morgan fingerprint density at radius 1 is 0.545 bits per heavy atom. The van der Waals surface area contributed by atoms with Gasteiger partial charge in [-0.3, -0.25) is 9.59 Å². The van der Waals surface area contributed by atoms with E-state index in [9.17, 15) is 9.59 Å². The number of carbonyl (C=O) groups is 2. The SMILES string of the molecule is Nc1ccccc1C(=O)Nc1ccc(Cc2ccc(NC(=O)c3ccccc3N)cc2)cc1. The number of anilines is 4. The number of benzene rings is 4. The quantitative estimate of drug-likeness (QED) is 0.321. The Morgan fingerprint density at radius 2 is 0.909 bits per heavy atom. The van der Waals surface area contributed by atoms with Crippen LogP contribution in [0.25, 0.3) is 0 Å². The number of nitrogens with one attached hydrogen (secondary N) is 2. The molecule has 0 atom stereocenters. The van der Waals surface area contributed by atoms with Crippen LogP contribution in [-0.4, -0.2) is 11.8 Å². The van der Waals surface area contributed by atoms with Crippen molar-refractivity contribution in [1.82, 2.24) is 0 Å². The first-order valence-corrected chi connectivity index (χ1v) is 10.5. The maximum atomic E-state index is 12.4. The summed E-state index contributed by atoms with van der Waals surface area (Å²) < 4.78 is 0. The van der Waals surface area contributed by atoms with Gasteiger partial charge in [-0.25, -0.2) is 0 Å². The zero-order valence-electron chi connectivity index (χ0n) is 17.9. The highest BCUT2D eigenvalue weighted by Gasteiger charge is 2.10. The number of hydrogen-bond acceptors (Lipinski definition) is 4. The number of nitrogens with two attached hydrogens (primary N) is 2. The van der Waals surface area contributed by atoms with E-state index in [0.29, 0.717) is 33.9 Å². The Morgan fingerprint density at radius 3 is 1.27 bits per heavy atom. The lowest BCUT2D eigenvalue weighted by atomic mass is 10.0. The fourth-order valence-electron chi connectivity index (χ4n) is 3.45. The normalized spacial score (nSPS) is 10.4. The van der Waals surface area contributed by atoms with Crippen LogP contribution in [0, 0.1) is 0 Å². The van der Waals surface area contributed by atoms with Crippen LogP contribution in [0.5, 0.6) is 0 Å². The molecule has 4 aromatic rings. The lowest BCUT2D eigenvalue weighted by Crippen LogP contribution is -2.14. The molecule has 6 nitrogen and oxygen atoms in total. The summed E-state index contributed by atoms with van der Waals surface area (Å²) in [4.78, 5) is 24.8. The molecule has 0 saturated heterocycles. The molecule has 0 aliphatic heterocycles. The van der Waals surface area contributed by atoms with Gasteiger partial charge in [0.1, 0.15) is 0 Å². The molecule has 4 aromatic carbocycles. The van der Waals surface area contributed by atoms with Crippen LogP contribution >= 0.6 is 0 Å². The van der Waals surface area contributed by atoms with Crippen LogP contribution in [0.1, 0.15) is 31.8 Å². The minimum Gasteiger partial charge on any atom is -0.398 e. The van der Waals surface area contributed by atoms with Crippen LogP contribution < -0.4 is 22.1 Å². The summed E-state index contributed by atoms with van der Waals surface area (Å²) in [6.07, 6.45) is 0.722. The van der Waals surface area contributed by atoms with E-state index >= 15 is 0 Å². The fourth-order valence-corrected chi connectivity index (χ4v) is 3.45. The third-order valence-corrected chi connectivity index (χ3v) is 5.24. The Kier molecular flexibility index (Phi) is 6.36. The average molecular weight is 437 g/mol. The molecule has 0 saturated carbocycles. The first kappa shape index (κ1) is 21.6. The van der Waals surface area contributed by atoms with Crippen molar-refractivity contribution >= 4 is 34.6 Å². The molecule has 0 aromatic heterocycles. The molecular formula is C27H24N4O2. The molecular weight excluding hydrogens is 412 g/mol. The molecule has 4 rings (SSSR count). The third-order valence-electron chi connectivity index (χ3n) is 5.24. The van der Waals surface area contributed by atoms with Crippen LogP contribution in [0.3, 0.4) is 0 Å². The van der Waals surface area contributed by atoms with Gasteiger partial charge >= 0.3 is 0 Å². The van der Waals surface area contributed by atoms with Gasteiger partial charge in [-0.15, -0.1) is 0 Å². The molecule has 0 aliphatic carbocycles. The number of rotatable bonds is 6. The van der Waals surface area contributed by atoms with Crippen LogP contribution in [0.15, 0.2) is 97.1 Å². The number of para-hydroxylation sites is 2. The molecule has 0 radical (unpaired) electrons. The first-order valence-electron chi connectivity index (χ1n) is 10.5. The van der Waals surface area contributed by atoms with E-state index in [2.05, 4.69) is 10.6 Å². The van der Waals surface area contributed by atoms with Gasteiger partial charge in [0.25, 0.3) is 11.8 Å². The van der Waals surface area contributed by atoms with E-state index in [1.54, 1.807) is 48.5 Å². The van der Waals surface area contributed by atoms with Gasteiger partial charge in [0.15, 0.2) is 0 Å². The largest absolute Gasteiger partial charge is 0.398 e. The minimum atomic E-state index is -0.240. The Labute approximate surface area is 192 Å². The number of hydrogen-bond donors (Lipinski definition) is 4. The summed E-state index contributed by atoms with van der Waals surface area (Å²) in [5.41, 5.74) is 17.1. The van der Waals surface area contributed by atoms with Gasteiger partial charge in [-0.1, -0.05) is 48.5 Å². The van der Waals surface area contributed by atoms with Gasteiger partial charge in [-0.05, 0) is 66.1 Å². The number of nitrogen functional groups attached to an aromatic ring is 2. The smallest absolute Gasteiger partial charge is 0.257 e. The summed E-state index contributed by atoms with van der Waals surface area (Å²) in [5.74, 6) is -0.480. The van der Waals surface area contributed by atoms with E-state index in [1.165, 1.54) is 0 Å². The summed E-state index contributed by atoms with van der Waals surface area (Å²) in [7, 11) is 0. The van der Waals surface area contributed by atoms with Crippen LogP contribution in [-0.2, 0) is 6.42 Å². The standard InChI is InChI=1S/C27H24N4O2/c28-24-7-3-1-5-22(24)26(32)30-20-13-9-18(10-14-20)17-19-11-15-21(16-12-19)31-27(33)23-6-2-4-8-25(23)29/h1-16H,17,28-29H2,(H,30,32)(H,31,33). The molecule has 6 heteroatoms. The summed E-state index contributed by atoms with van der Waals surface area (Å²) in [6.45, 7) is 0. The summed E-state index contributed by atoms with van der Waals surface area (Å²) in [6, 6.07) is 29.3. The van der Waals surface area contributed by atoms with Crippen molar-refractivity contribution in [2.45, 2.75) is 6.42 Å². The zero-order valence-corrected chi connectivity index (χ0v) is 17.9. The predicted molar refractivity (Wildman–Crippen MR) is 133 cm³/mol. The lowest BCUT2D eigenvalue weighted by Gasteiger charge is -2.10. The Bertz CT molecular complexity index is 1180. The molecule has 0 unspecified atom stereocenters. The monoisotopic (exact) mass is 436 g/mol. The lowest BCUT2D eigenvalue weighted by molar-refractivity contribution is 0.101. The van der Waals surface area contributed by atoms with Crippen molar-refractivity contribution < 1.29 is 9.59 Å². The molecule has 6 N–H and O–H groups in total. The van der Waals surface area contributed by atoms with Crippen molar-refractivity contribution in [3.05, 3.63) is 119 Å². The van der Waals surface area contributed by atoms with Gasteiger partial charge in [0, 0.05) is 22.7 Å². The molecule has 0 bridgehead atoms. The van der Waals surface area contributed by atoms with E-state index in [-0.39, 0.29) is 11.8 Å². The molecule has 0 spiro atoms. The average Bonchev–Trinajstić information content (AvgIpc) is 2.82.